The van der Waals surface area contributed by atoms with E-state index in [0.29, 0.717) is 0 Å². The molecule has 0 radical (unpaired) electrons. The third-order valence-corrected chi connectivity index (χ3v) is 1.90. The Balaban J connectivity index is 2.51. The van der Waals surface area contributed by atoms with Crippen LogP contribution in [0.2, 0.25) is 0 Å². The lowest BCUT2D eigenvalue weighted by molar-refractivity contribution is 0.635. The van der Waals surface area contributed by atoms with Crippen molar-refractivity contribution in [1.82, 2.24) is 9.55 Å². The molecule has 0 aliphatic carbocycles. The first-order chi connectivity index (χ1) is 5.88. The van der Waals surface area contributed by atoms with Gasteiger partial charge in [0.05, 0.1) is 6.33 Å². The Morgan fingerprint density at radius 2 is 2.42 bits per heavy atom. The van der Waals surface area contributed by atoms with Crippen LogP contribution in [0.4, 0.5) is 0 Å². The molecule has 0 aliphatic rings. The Hall–Kier alpha value is -0.830. The smallest absolute Gasteiger partial charge is 0.0948 e. The molecule has 2 N–H and O–H groups in total. The van der Waals surface area contributed by atoms with Gasteiger partial charge in [-0.3, -0.25) is 0 Å². The van der Waals surface area contributed by atoms with Crippen LogP contribution in [0.5, 0.6) is 0 Å². The van der Waals surface area contributed by atoms with Crippen molar-refractivity contribution < 1.29 is 0 Å². The summed E-state index contributed by atoms with van der Waals surface area (Å²) in [6.07, 6.45) is 7.10. The fourth-order valence-corrected chi connectivity index (χ4v) is 1.28. The lowest BCUT2D eigenvalue weighted by Crippen LogP contribution is -2.05. The summed E-state index contributed by atoms with van der Waals surface area (Å²) in [6, 6.07) is 0. The number of aromatic nitrogens is 2. The summed E-state index contributed by atoms with van der Waals surface area (Å²) in [7, 11) is 0. The van der Waals surface area contributed by atoms with E-state index in [2.05, 4.69) is 16.5 Å². The van der Waals surface area contributed by atoms with Gasteiger partial charge in [0, 0.05) is 18.4 Å². The van der Waals surface area contributed by atoms with Gasteiger partial charge in [0.2, 0.25) is 0 Å². The van der Waals surface area contributed by atoms with Gasteiger partial charge in [-0.05, 0) is 25.8 Å². The van der Waals surface area contributed by atoms with Crippen LogP contribution in [0.25, 0.3) is 0 Å². The summed E-state index contributed by atoms with van der Waals surface area (Å²) in [5, 5.41) is 0. The second kappa shape index (κ2) is 4.93. The standard InChI is InChI=1S/C9H17N3/c1-2-6-12-8-11-7-9(12)4-3-5-10/h7-8H,2-6,10H2,1H3. The molecule has 1 aromatic heterocycles. The zero-order valence-corrected chi connectivity index (χ0v) is 7.66. The predicted molar refractivity (Wildman–Crippen MR) is 49.9 cm³/mol. The van der Waals surface area contributed by atoms with Gasteiger partial charge in [0.1, 0.15) is 0 Å². The van der Waals surface area contributed by atoms with E-state index in [9.17, 15) is 0 Å². The average Bonchev–Trinajstić information content (AvgIpc) is 2.50. The summed E-state index contributed by atoms with van der Waals surface area (Å²) in [4.78, 5) is 4.12. The molecule has 0 bridgehead atoms. The molecule has 0 saturated carbocycles. The highest BCUT2D eigenvalue weighted by atomic mass is 15.0. The van der Waals surface area contributed by atoms with Crippen LogP contribution in [0.1, 0.15) is 25.5 Å². The van der Waals surface area contributed by atoms with Crippen LogP contribution in [-0.4, -0.2) is 16.1 Å². The monoisotopic (exact) mass is 167 g/mol. The van der Waals surface area contributed by atoms with Crippen LogP contribution >= 0.6 is 0 Å². The van der Waals surface area contributed by atoms with E-state index >= 15 is 0 Å². The van der Waals surface area contributed by atoms with Crippen LogP contribution in [-0.2, 0) is 13.0 Å². The second-order valence-electron chi connectivity index (χ2n) is 2.97. The highest BCUT2D eigenvalue weighted by Gasteiger charge is 1.99. The van der Waals surface area contributed by atoms with E-state index in [0.717, 1.165) is 32.4 Å². The van der Waals surface area contributed by atoms with Crippen molar-refractivity contribution in [3.8, 4) is 0 Å². The molecule has 0 aliphatic heterocycles. The topological polar surface area (TPSA) is 43.8 Å². The molecule has 1 heterocycles. The first-order valence-corrected chi connectivity index (χ1v) is 4.57. The molecule has 0 unspecified atom stereocenters. The van der Waals surface area contributed by atoms with E-state index in [4.69, 9.17) is 5.73 Å². The largest absolute Gasteiger partial charge is 0.335 e. The summed E-state index contributed by atoms with van der Waals surface area (Å²) in [5.41, 5.74) is 6.75. The Labute approximate surface area is 73.6 Å². The van der Waals surface area contributed by atoms with Gasteiger partial charge in [-0.2, -0.15) is 0 Å². The van der Waals surface area contributed by atoms with E-state index in [1.165, 1.54) is 5.69 Å². The Morgan fingerprint density at radius 3 is 3.08 bits per heavy atom. The molecule has 0 aromatic carbocycles. The Kier molecular flexibility index (Phi) is 3.80. The van der Waals surface area contributed by atoms with Crippen molar-refractivity contribution in [2.45, 2.75) is 32.7 Å². The molecule has 0 atom stereocenters. The van der Waals surface area contributed by atoms with E-state index in [1.807, 2.05) is 12.5 Å². The number of nitrogens with two attached hydrogens (primary N) is 1. The quantitative estimate of drug-likeness (QED) is 0.715. The Bertz CT molecular complexity index is 217. The molecule has 0 fully saturated rings. The van der Waals surface area contributed by atoms with Gasteiger partial charge < -0.3 is 10.3 Å². The van der Waals surface area contributed by atoms with Gasteiger partial charge >= 0.3 is 0 Å². The van der Waals surface area contributed by atoms with Gasteiger partial charge in [-0.15, -0.1) is 0 Å². The van der Waals surface area contributed by atoms with Crippen molar-refractivity contribution in [2.75, 3.05) is 6.54 Å². The van der Waals surface area contributed by atoms with Crippen molar-refractivity contribution in [3.63, 3.8) is 0 Å². The van der Waals surface area contributed by atoms with Crippen LogP contribution < -0.4 is 5.73 Å². The number of hydrogen-bond acceptors (Lipinski definition) is 2. The molecular formula is C9H17N3. The maximum atomic E-state index is 5.44. The number of hydrogen-bond donors (Lipinski definition) is 1. The van der Waals surface area contributed by atoms with E-state index in [-0.39, 0.29) is 0 Å². The maximum Gasteiger partial charge on any atom is 0.0948 e. The van der Waals surface area contributed by atoms with Crippen LogP contribution in [0, 0.1) is 0 Å². The molecule has 12 heavy (non-hydrogen) atoms. The lowest BCUT2D eigenvalue weighted by Gasteiger charge is -2.04. The van der Waals surface area contributed by atoms with E-state index in [1.54, 1.807) is 0 Å². The average molecular weight is 167 g/mol. The number of imidazole rings is 1. The fraction of sp³-hybridized carbons (Fsp3) is 0.667. The van der Waals surface area contributed by atoms with Gasteiger partial charge in [0.15, 0.2) is 0 Å². The van der Waals surface area contributed by atoms with Crippen molar-refractivity contribution >= 4 is 0 Å². The summed E-state index contributed by atoms with van der Waals surface area (Å²) in [5.74, 6) is 0. The molecule has 3 heteroatoms. The minimum Gasteiger partial charge on any atom is -0.335 e. The normalized spacial score (nSPS) is 10.5. The second-order valence-corrected chi connectivity index (χ2v) is 2.97. The summed E-state index contributed by atoms with van der Waals surface area (Å²) in [6.45, 7) is 4.00. The van der Waals surface area contributed by atoms with Crippen molar-refractivity contribution in [2.24, 2.45) is 5.73 Å². The zero-order chi connectivity index (χ0) is 8.81. The number of nitrogens with zero attached hydrogens (tertiary/aromatic N) is 2. The summed E-state index contributed by atoms with van der Waals surface area (Å²) >= 11 is 0. The number of rotatable bonds is 5. The molecule has 68 valence electrons. The SMILES string of the molecule is CCCn1cncc1CCCN. The minimum atomic E-state index is 0.761. The molecule has 1 rings (SSSR count). The molecule has 0 saturated heterocycles. The van der Waals surface area contributed by atoms with Gasteiger partial charge in [0.25, 0.3) is 0 Å². The minimum absolute atomic E-state index is 0.761. The Morgan fingerprint density at radius 1 is 1.58 bits per heavy atom. The predicted octanol–water partition coefficient (Wildman–Crippen LogP) is 1.18. The highest BCUT2D eigenvalue weighted by molar-refractivity contribution is 4.98. The highest BCUT2D eigenvalue weighted by Crippen LogP contribution is 2.03. The van der Waals surface area contributed by atoms with Crippen molar-refractivity contribution in [3.05, 3.63) is 18.2 Å². The molecular weight excluding hydrogens is 150 g/mol. The fourth-order valence-electron chi connectivity index (χ4n) is 1.28. The molecule has 1 aromatic rings. The van der Waals surface area contributed by atoms with Crippen molar-refractivity contribution in [1.29, 1.82) is 0 Å². The summed E-state index contributed by atoms with van der Waals surface area (Å²) < 4.78 is 2.20. The van der Waals surface area contributed by atoms with Gasteiger partial charge in [-0.1, -0.05) is 6.92 Å². The molecule has 0 amide bonds. The zero-order valence-electron chi connectivity index (χ0n) is 7.66. The maximum absolute atomic E-state index is 5.44. The van der Waals surface area contributed by atoms with Crippen LogP contribution in [0.15, 0.2) is 12.5 Å². The third kappa shape index (κ3) is 2.34. The first kappa shape index (κ1) is 9.26. The third-order valence-electron chi connectivity index (χ3n) is 1.90. The molecule has 0 spiro atoms. The lowest BCUT2D eigenvalue weighted by atomic mass is 10.2. The number of aryl methyl sites for hydroxylation is 2. The molecule has 3 nitrogen and oxygen atoms in total. The van der Waals surface area contributed by atoms with Crippen LogP contribution in [0.3, 0.4) is 0 Å². The first-order valence-electron chi connectivity index (χ1n) is 4.57. The van der Waals surface area contributed by atoms with Gasteiger partial charge in [-0.25, -0.2) is 4.98 Å². The van der Waals surface area contributed by atoms with E-state index < -0.39 is 0 Å².